The van der Waals surface area contributed by atoms with Gasteiger partial charge in [0.2, 0.25) is 5.91 Å². The summed E-state index contributed by atoms with van der Waals surface area (Å²) in [6.07, 6.45) is 77.5. The zero-order valence-electron chi connectivity index (χ0n) is 63.7. The summed E-state index contributed by atoms with van der Waals surface area (Å²) < 4.78 is 22.9. The van der Waals surface area contributed by atoms with E-state index in [9.17, 15) is 45.6 Å². The minimum absolute atomic E-state index is 0.247. The molecule has 2 fully saturated rings. The molecule has 2 heterocycles. The van der Waals surface area contributed by atoms with Crippen LogP contribution in [0.5, 0.6) is 0 Å². The quantitative estimate of drug-likeness (QED) is 0.0204. The SMILES string of the molecule is CCCCCCC/C=C\C/C=C\CCCCCCCCCCCCCCCCCCCCCCCCCC(=O)NC(COC1OC(CO)C(OC2OC(CO)C(O)C(O)C2O)C(O)C1O)C(O)/C=C/CC/C=C/CC/C=C/CCCCCCCCCCCCCCCCCCCCCC. The molecule has 99 heavy (non-hydrogen) atoms. The van der Waals surface area contributed by atoms with E-state index in [4.69, 9.17) is 18.9 Å². The Morgan fingerprint density at radius 3 is 1.05 bits per heavy atom. The first kappa shape index (κ1) is 92.8. The fourth-order valence-electron chi connectivity index (χ4n) is 13.8. The largest absolute Gasteiger partial charge is 0.394 e. The standard InChI is InChI=1S/C85H157NO13/c1-3-5-7-9-11-13-15-17-19-21-23-25-27-29-31-33-35-36-37-38-39-41-43-45-47-49-51-53-55-57-59-61-63-65-67-69-77(90)86-73(72-96-84-82(95)80(93)83(76(71-88)98-84)99-85-81(94)79(92)78(91)75(70-87)97-85)74(89)68-66-64-62-60-58-56-54-52-50-48-46-44-42-40-34-32-30-28-26-24-22-20-18-16-14-12-10-8-6-4-2/h15,17,21,23,50,52,58,60,66,68,73-76,78-85,87-89,91-95H,3-14,16,18-20,22,24-49,51,53-57,59,61-65,67,69-72H2,1-2H3,(H,86,90)/b17-15-,23-21-,52-50+,60-58+,68-66+. The van der Waals surface area contributed by atoms with E-state index in [0.717, 1.165) is 51.4 Å². The van der Waals surface area contributed by atoms with Crippen molar-refractivity contribution in [3.63, 3.8) is 0 Å². The van der Waals surface area contributed by atoms with Gasteiger partial charge in [0.15, 0.2) is 12.6 Å². The van der Waals surface area contributed by atoms with Crippen molar-refractivity contribution < 1.29 is 64.6 Å². The number of amides is 1. The van der Waals surface area contributed by atoms with Crippen molar-refractivity contribution in [3.8, 4) is 0 Å². The maximum atomic E-state index is 13.4. The van der Waals surface area contributed by atoms with Crippen molar-refractivity contribution in [2.24, 2.45) is 0 Å². The van der Waals surface area contributed by atoms with Gasteiger partial charge in [0.25, 0.3) is 0 Å². The highest BCUT2D eigenvalue weighted by Crippen LogP contribution is 2.30. The monoisotopic (exact) mass is 1400 g/mol. The average molecular weight is 1400 g/mol. The van der Waals surface area contributed by atoms with Crippen molar-refractivity contribution in [3.05, 3.63) is 60.8 Å². The molecule has 0 aromatic carbocycles. The molecular formula is C85H157NO13. The minimum Gasteiger partial charge on any atom is -0.394 e. The Hall–Kier alpha value is -2.31. The third-order valence-corrected chi connectivity index (χ3v) is 20.4. The van der Waals surface area contributed by atoms with Gasteiger partial charge in [-0.3, -0.25) is 4.79 Å². The van der Waals surface area contributed by atoms with Crippen molar-refractivity contribution in [2.75, 3.05) is 19.8 Å². The molecule has 0 spiro atoms. The van der Waals surface area contributed by atoms with E-state index in [1.807, 2.05) is 6.08 Å². The first-order valence-corrected chi connectivity index (χ1v) is 42.0. The van der Waals surface area contributed by atoms with Crippen LogP contribution in [0.15, 0.2) is 60.8 Å². The molecule has 1 amide bonds. The molecule has 2 rings (SSSR count). The molecule has 9 N–H and O–H groups in total. The minimum atomic E-state index is -1.79. The van der Waals surface area contributed by atoms with Gasteiger partial charge in [0.05, 0.1) is 32.0 Å². The Balaban J connectivity index is 1.61. The highest BCUT2D eigenvalue weighted by molar-refractivity contribution is 5.76. The summed E-state index contributed by atoms with van der Waals surface area (Å²) in [4.78, 5) is 13.4. The number of rotatable bonds is 71. The molecule has 2 saturated heterocycles. The lowest BCUT2D eigenvalue weighted by Gasteiger charge is -2.46. The van der Waals surface area contributed by atoms with Crippen LogP contribution in [0.25, 0.3) is 0 Å². The number of allylic oxidation sites excluding steroid dienone is 9. The average Bonchev–Trinajstić information content (AvgIpc) is 0.799. The topological polar surface area (TPSA) is 228 Å². The predicted octanol–water partition coefficient (Wildman–Crippen LogP) is 19.5. The molecule has 12 atom stereocenters. The molecule has 12 unspecified atom stereocenters. The molecule has 0 aliphatic carbocycles. The Labute approximate surface area is 606 Å². The zero-order valence-corrected chi connectivity index (χ0v) is 63.7. The van der Waals surface area contributed by atoms with Crippen molar-refractivity contribution in [1.82, 2.24) is 5.32 Å². The number of hydrogen-bond donors (Lipinski definition) is 9. The fraction of sp³-hybridized carbons (Fsp3) is 0.871. The molecule has 14 nitrogen and oxygen atoms in total. The van der Waals surface area contributed by atoms with Gasteiger partial charge in [-0.15, -0.1) is 0 Å². The van der Waals surface area contributed by atoms with Crippen LogP contribution < -0.4 is 5.32 Å². The third-order valence-electron chi connectivity index (χ3n) is 20.4. The number of aliphatic hydroxyl groups excluding tert-OH is 8. The highest BCUT2D eigenvalue weighted by Gasteiger charge is 2.51. The predicted molar refractivity (Wildman–Crippen MR) is 411 cm³/mol. The summed E-state index contributed by atoms with van der Waals surface area (Å²) in [7, 11) is 0. The third kappa shape index (κ3) is 51.5. The number of carbonyl (C=O) groups is 1. The summed E-state index contributed by atoms with van der Waals surface area (Å²) in [5.74, 6) is -0.247. The Morgan fingerprint density at radius 2 is 0.677 bits per heavy atom. The van der Waals surface area contributed by atoms with E-state index in [1.54, 1.807) is 6.08 Å². The van der Waals surface area contributed by atoms with Crippen LogP contribution in [0.1, 0.15) is 380 Å². The molecule has 0 bridgehead atoms. The van der Waals surface area contributed by atoms with Crippen LogP contribution in [-0.4, -0.2) is 140 Å². The fourth-order valence-corrected chi connectivity index (χ4v) is 13.8. The van der Waals surface area contributed by atoms with Crippen LogP contribution in [-0.2, 0) is 23.7 Å². The first-order valence-electron chi connectivity index (χ1n) is 42.0. The highest BCUT2D eigenvalue weighted by atomic mass is 16.7. The van der Waals surface area contributed by atoms with Crippen molar-refractivity contribution in [1.29, 1.82) is 0 Å². The van der Waals surface area contributed by atoms with Gasteiger partial charge in [-0.1, -0.05) is 357 Å². The second kappa shape index (κ2) is 68.8. The van der Waals surface area contributed by atoms with Crippen LogP contribution in [0.4, 0.5) is 0 Å². The van der Waals surface area contributed by atoms with Crippen LogP contribution in [0, 0.1) is 0 Å². The number of aliphatic hydroxyl groups is 8. The first-order chi connectivity index (χ1) is 48.6. The second-order valence-corrected chi connectivity index (χ2v) is 29.6. The lowest BCUT2D eigenvalue weighted by atomic mass is 9.97. The van der Waals surface area contributed by atoms with E-state index in [-0.39, 0.29) is 18.9 Å². The van der Waals surface area contributed by atoms with E-state index < -0.39 is 86.8 Å². The van der Waals surface area contributed by atoms with E-state index in [0.29, 0.717) is 12.8 Å². The van der Waals surface area contributed by atoms with Gasteiger partial charge in [0.1, 0.15) is 48.8 Å². The Morgan fingerprint density at radius 1 is 0.364 bits per heavy atom. The Bertz CT molecular complexity index is 1900. The van der Waals surface area contributed by atoms with Gasteiger partial charge in [-0.2, -0.15) is 0 Å². The van der Waals surface area contributed by atoms with E-state index in [2.05, 4.69) is 67.8 Å². The molecule has 0 radical (unpaired) electrons. The van der Waals surface area contributed by atoms with Gasteiger partial charge >= 0.3 is 0 Å². The van der Waals surface area contributed by atoms with Gasteiger partial charge < -0.3 is 65.1 Å². The molecule has 2 aliphatic heterocycles. The number of nitrogens with one attached hydrogen (secondary N) is 1. The summed E-state index contributed by atoms with van der Waals surface area (Å²) in [6.45, 7) is 2.82. The Kier molecular flexibility index (Phi) is 64.5. The van der Waals surface area contributed by atoms with Crippen LogP contribution in [0.3, 0.4) is 0 Å². The molecular weight excluding hydrogens is 1240 g/mol. The summed E-state index contributed by atoms with van der Waals surface area (Å²) >= 11 is 0. The molecule has 0 saturated carbocycles. The number of carbonyl (C=O) groups excluding carboxylic acids is 1. The lowest BCUT2D eigenvalue weighted by molar-refractivity contribution is -0.359. The normalized spacial score (nSPS) is 22.2. The van der Waals surface area contributed by atoms with E-state index >= 15 is 0 Å². The number of hydrogen-bond acceptors (Lipinski definition) is 13. The lowest BCUT2D eigenvalue weighted by Crippen LogP contribution is -2.65. The maximum absolute atomic E-state index is 13.4. The van der Waals surface area contributed by atoms with Crippen molar-refractivity contribution in [2.45, 2.75) is 453 Å². The molecule has 2 aliphatic rings. The van der Waals surface area contributed by atoms with Crippen LogP contribution in [0.2, 0.25) is 0 Å². The molecule has 580 valence electrons. The van der Waals surface area contributed by atoms with Gasteiger partial charge in [-0.05, 0) is 77.0 Å². The van der Waals surface area contributed by atoms with Gasteiger partial charge in [0, 0.05) is 6.42 Å². The molecule has 0 aromatic rings. The number of ether oxygens (including phenoxy) is 4. The molecule has 0 aromatic heterocycles. The second-order valence-electron chi connectivity index (χ2n) is 29.6. The smallest absolute Gasteiger partial charge is 0.220 e. The zero-order chi connectivity index (χ0) is 71.5. The van der Waals surface area contributed by atoms with Gasteiger partial charge in [-0.25, -0.2) is 0 Å². The summed E-state index contributed by atoms with van der Waals surface area (Å²) in [5, 5.41) is 87.7. The summed E-state index contributed by atoms with van der Waals surface area (Å²) in [6, 6.07) is -0.941. The van der Waals surface area contributed by atoms with Crippen molar-refractivity contribution >= 4 is 5.91 Å². The number of unbranched alkanes of at least 4 members (excludes halogenated alkanes) is 50. The summed E-state index contributed by atoms with van der Waals surface area (Å²) in [5.41, 5.74) is 0. The van der Waals surface area contributed by atoms with Crippen LogP contribution >= 0.6 is 0 Å². The van der Waals surface area contributed by atoms with E-state index in [1.165, 1.54) is 295 Å². The maximum Gasteiger partial charge on any atom is 0.220 e. The molecule has 14 heteroatoms.